The molecule has 0 bridgehead atoms. The number of halogens is 1. The zero-order valence-corrected chi connectivity index (χ0v) is 12.4. The topological polar surface area (TPSA) is 25.2 Å². The first kappa shape index (κ1) is 13.8. The first-order valence-electron chi connectivity index (χ1n) is 5.76. The van der Waals surface area contributed by atoms with Crippen molar-refractivity contribution in [1.82, 2.24) is 5.32 Å². The summed E-state index contributed by atoms with van der Waals surface area (Å²) < 4.78 is 6.57. The van der Waals surface area contributed by atoms with Crippen LogP contribution < -0.4 is 5.32 Å². The molecule has 92 valence electrons. The van der Waals surface area contributed by atoms with Gasteiger partial charge in [0.05, 0.1) is 16.8 Å². The molecule has 3 heteroatoms. The average molecular weight is 288 g/mol. The smallest absolute Gasteiger partial charge is 0.134 e. The van der Waals surface area contributed by atoms with E-state index in [4.69, 9.17) is 4.42 Å². The predicted octanol–water partition coefficient (Wildman–Crippen LogP) is 4.37. The van der Waals surface area contributed by atoms with Gasteiger partial charge in [-0.2, -0.15) is 0 Å². The normalized spacial score (nSPS) is 16.1. The SMILES string of the molecule is CNC(CC(C)C(C)(C)C)c1occc1Br. The van der Waals surface area contributed by atoms with E-state index in [1.807, 2.05) is 13.1 Å². The van der Waals surface area contributed by atoms with E-state index in [1.165, 1.54) is 0 Å². The third-order valence-corrected chi connectivity index (χ3v) is 4.03. The van der Waals surface area contributed by atoms with Gasteiger partial charge in [-0.3, -0.25) is 0 Å². The minimum atomic E-state index is 0.276. The Morgan fingerprint density at radius 2 is 2.06 bits per heavy atom. The van der Waals surface area contributed by atoms with E-state index in [1.54, 1.807) is 6.26 Å². The standard InChI is InChI=1S/C13H22BrNO/c1-9(13(2,3)4)8-11(15-5)12-10(14)6-7-16-12/h6-7,9,11,15H,8H2,1-5H3. The molecule has 16 heavy (non-hydrogen) atoms. The summed E-state index contributed by atoms with van der Waals surface area (Å²) in [4.78, 5) is 0. The highest BCUT2D eigenvalue weighted by molar-refractivity contribution is 9.10. The molecule has 0 saturated heterocycles. The van der Waals surface area contributed by atoms with Crippen LogP contribution in [0.25, 0.3) is 0 Å². The van der Waals surface area contributed by atoms with Gasteiger partial charge in [0.25, 0.3) is 0 Å². The summed E-state index contributed by atoms with van der Waals surface area (Å²) in [6, 6.07) is 2.22. The predicted molar refractivity (Wildman–Crippen MR) is 71.4 cm³/mol. The molecule has 1 aromatic heterocycles. The van der Waals surface area contributed by atoms with Gasteiger partial charge in [0.15, 0.2) is 0 Å². The van der Waals surface area contributed by atoms with Crippen LogP contribution in [0.3, 0.4) is 0 Å². The molecular weight excluding hydrogens is 266 g/mol. The second kappa shape index (κ2) is 5.37. The summed E-state index contributed by atoms with van der Waals surface area (Å²) in [5, 5.41) is 3.32. The van der Waals surface area contributed by atoms with Gasteiger partial charge >= 0.3 is 0 Å². The van der Waals surface area contributed by atoms with Crippen molar-refractivity contribution in [2.75, 3.05) is 7.05 Å². The van der Waals surface area contributed by atoms with Gasteiger partial charge in [-0.05, 0) is 46.8 Å². The van der Waals surface area contributed by atoms with E-state index in [2.05, 4.69) is 48.9 Å². The molecule has 0 fully saturated rings. The van der Waals surface area contributed by atoms with E-state index in [0.29, 0.717) is 11.3 Å². The maximum atomic E-state index is 5.52. The lowest BCUT2D eigenvalue weighted by Gasteiger charge is -2.30. The highest BCUT2D eigenvalue weighted by atomic mass is 79.9. The van der Waals surface area contributed by atoms with Crippen LogP contribution in [0.4, 0.5) is 0 Å². The maximum Gasteiger partial charge on any atom is 0.134 e. The first-order chi connectivity index (χ1) is 7.36. The Bertz CT molecular complexity index is 327. The quantitative estimate of drug-likeness (QED) is 0.889. The Morgan fingerprint density at radius 3 is 2.44 bits per heavy atom. The average Bonchev–Trinajstić information content (AvgIpc) is 2.59. The van der Waals surface area contributed by atoms with E-state index >= 15 is 0 Å². The van der Waals surface area contributed by atoms with Gasteiger partial charge < -0.3 is 9.73 Å². The zero-order chi connectivity index (χ0) is 12.3. The summed E-state index contributed by atoms with van der Waals surface area (Å²) in [5.41, 5.74) is 0.328. The maximum absolute atomic E-state index is 5.52. The van der Waals surface area contributed by atoms with Gasteiger partial charge in [0.2, 0.25) is 0 Å². The van der Waals surface area contributed by atoms with Crippen LogP contribution in [0, 0.1) is 11.3 Å². The molecule has 1 N–H and O–H groups in total. The van der Waals surface area contributed by atoms with E-state index in [-0.39, 0.29) is 6.04 Å². The highest BCUT2D eigenvalue weighted by Crippen LogP contribution is 2.35. The Hall–Kier alpha value is -0.280. The van der Waals surface area contributed by atoms with Crippen LogP contribution in [-0.4, -0.2) is 7.05 Å². The molecule has 0 aromatic carbocycles. The Balaban J connectivity index is 2.74. The molecule has 1 rings (SSSR count). The van der Waals surface area contributed by atoms with Crippen molar-refractivity contribution in [2.45, 2.75) is 40.2 Å². The van der Waals surface area contributed by atoms with Gasteiger partial charge in [-0.1, -0.05) is 27.7 Å². The number of nitrogens with one attached hydrogen (secondary N) is 1. The van der Waals surface area contributed by atoms with Crippen molar-refractivity contribution < 1.29 is 4.42 Å². The molecule has 0 spiro atoms. The largest absolute Gasteiger partial charge is 0.466 e. The van der Waals surface area contributed by atoms with Gasteiger partial charge in [0.1, 0.15) is 5.76 Å². The summed E-state index contributed by atoms with van der Waals surface area (Å²) in [6.45, 7) is 9.13. The highest BCUT2D eigenvalue weighted by Gasteiger charge is 2.25. The lowest BCUT2D eigenvalue weighted by atomic mass is 9.78. The van der Waals surface area contributed by atoms with Crippen molar-refractivity contribution >= 4 is 15.9 Å². The molecule has 0 saturated carbocycles. The lowest BCUT2D eigenvalue weighted by molar-refractivity contribution is 0.217. The molecular formula is C13H22BrNO. The molecule has 2 unspecified atom stereocenters. The first-order valence-corrected chi connectivity index (χ1v) is 6.55. The van der Waals surface area contributed by atoms with Crippen molar-refractivity contribution in [2.24, 2.45) is 11.3 Å². The second-order valence-corrected chi connectivity index (χ2v) is 6.33. The van der Waals surface area contributed by atoms with Crippen LogP contribution in [-0.2, 0) is 0 Å². The molecule has 1 aromatic rings. The number of hydrogen-bond donors (Lipinski definition) is 1. The van der Waals surface area contributed by atoms with Gasteiger partial charge in [0, 0.05) is 0 Å². The monoisotopic (exact) mass is 287 g/mol. The minimum absolute atomic E-state index is 0.276. The fraction of sp³-hybridized carbons (Fsp3) is 0.692. The third-order valence-electron chi connectivity index (χ3n) is 3.38. The zero-order valence-electron chi connectivity index (χ0n) is 10.8. The summed E-state index contributed by atoms with van der Waals surface area (Å²) in [7, 11) is 1.98. The second-order valence-electron chi connectivity index (χ2n) is 5.48. The van der Waals surface area contributed by atoms with Crippen LogP contribution in [0.15, 0.2) is 21.2 Å². The van der Waals surface area contributed by atoms with Crippen LogP contribution in [0.1, 0.15) is 45.9 Å². The minimum Gasteiger partial charge on any atom is -0.466 e. The van der Waals surface area contributed by atoms with Crippen LogP contribution >= 0.6 is 15.9 Å². The lowest BCUT2D eigenvalue weighted by Crippen LogP contribution is -2.25. The number of rotatable bonds is 4. The van der Waals surface area contributed by atoms with Crippen molar-refractivity contribution in [3.05, 3.63) is 22.6 Å². The molecule has 2 atom stereocenters. The number of furan rings is 1. The number of hydrogen-bond acceptors (Lipinski definition) is 2. The molecule has 2 nitrogen and oxygen atoms in total. The van der Waals surface area contributed by atoms with Gasteiger partial charge in [-0.15, -0.1) is 0 Å². The van der Waals surface area contributed by atoms with Crippen molar-refractivity contribution in [3.8, 4) is 0 Å². The Morgan fingerprint density at radius 1 is 1.44 bits per heavy atom. The van der Waals surface area contributed by atoms with E-state index < -0.39 is 0 Å². The molecule has 0 aliphatic rings. The van der Waals surface area contributed by atoms with Crippen molar-refractivity contribution in [1.29, 1.82) is 0 Å². The summed E-state index contributed by atoms with van der Waals surface area (Å²) in [6.07, 6.45) is 2.80. The van der Waals surface area contributed by atoms with E-state index in [9.17, 15) is 0 Å². The Labute approximate surface area is 107 Å². The van der Waals surface area contributed by atoms with Crippen LogP contribution in [0.5, 0.6) is 0 Å². The van der Waals surface area contributed by atoms with Gasteiger partial charge in [-0.25, -0.2) is 0 Å². The summed E-state index contributed by atoms with van der Waals surface area (Å²) >= 11 is 3.51. The van der Waals surface area contributed by atoms with Crippen LogP contribution in [0.2, 0.25) is 0 Å². The molecule has 1 heterocycles. The Kier molecular flexibility index (Phi) is 4.62. The third kappa shape index (κ3) is 3.36. The molecule has 0 aliphatic carbocycles. The van der Waals surface area contributed by atoms with Crippen molar-refractivity contribution in [3.63, 3.8) is 0 Å². The fourth-order valence-corrected chi connectivity index (χ4v) is 2.09. The van der Waals surface area contributed by atoms with E-state index in [0.717, 1.165) is 16.7 Å². The molecule has 0 aliphatic heterocycles. The molecule has 0 amide bonds. The molecule has 0 radical (unpaired) electrons. The summed E-state index contributed by atoms with van der Waals surface area (Å²) in [5.74, 6) is 1.63. The fourth-order valence-electron chi connectivity index (χ4n) is 1.62.